The van der Waals surface area contributed by atoms with Crippen molar-refractivity contribution in [3.05, 3.63) is 34.1 Å². The maximum atomic E-state index is 13.6. The maximum Gasteiger partial charge on any atom is 0.257 e. The molecule has 0 bridgehead atoms. The summed E-state index contributed by atoms with van der Waals surface area (Å²) in [4.78, 5) is 13.5. The first-order valence-electron chi connectivity index (χ1n) is 4.86. The summed E-state index contributed by atoms with van der Waals surface area (Å²) in [6, 6.07) is 3.85. The SMILES string of the molecule is CC(C(N)=S)N(C)C(=O)c1ccc(Br)cc1F. The molecular formula is C11H12BrFN2OS. The zero-order valence-electron chi connectivity index (χ0n) is 9.41. The van der Waals surface area contributed by atoms with Gasteiger partial charge in [-0.05, 0) is 25.1 Å². The molecule has 0 aliphatic rings. The number of hydrogen-bond donors (Lipinski definition) is 1. The zero-order valence-corrected chi connectivity index (χ0v) is 11.8. The minimum Gasteiger partial charge on any atom is -0.392 e. The van der Waals surface area contributed by atoms with Crippen LogP contribution in [-0.4, -0.2) is 28.9 Å². The summed E-state index contributed by atoms with van der Waals surface area (Å²) in [5, 5.41) is 0. The number of rotatable bonds is 3. The molecule has 0 aliphatic heterocycles. The predicted molar refractivity (Wildman–Crippen MR) is 72.4 cm³/mol. The molecule has 1 atom stereocenters. The number of hydrogen-bond acceptors (Lipinski definition) is 2. The minimum absolute atomic E-state index is 0.00111. The van der Waals surface area contributed by atoms with E-state index >= 15 is 0 Å². The molecule has 0 saturated heterocycles. The van der Waals surface area contributed by atoms with E-state index in [0.29, 0.717) is 4.47 Å². The highest BCUT2D eigenvalue weighted by atomic mass is 79.9. The van der Waals surface area contributed by atoms with E-state index in [9.17, 15) is 9.18 Å². The van der Waals surface area contributed by atoms with Crippen LogP contribution in [0.2, 0.25) is 0 Å². The van der Waals surface area contributed by atoms with Crippen LogP contribution in [0.3, 0.4) is 0 Å². The van der Waals surface area contributed by atoms with Crippen molar-refractivity contribution in [1.82, 2.24) is 4.90 Å². The van der Waals surface area contributed by atoms with Crippen LogP contribution in [0.15, 0.2) is 22.7 Å². The molecule has 0 spiro atoms. The first-order chi connectivity index (χ1) is 7.84. The number of likely N-dealkylation sites (N-methyl/N-ethyl adjacent to an activating group) is 1. The van der Waals surface area contributed by atoms with Gasteiger partial charge in [-0.25, -0.2) is 4.39 Å². The predicted octanol–water partition coefficient (Wildman–Crippen LogP) is 2.33. The number of carbonyl (C=O) groups excluding carboxylic acids is 1. The number of nitrogens with two attached hydrogens (primary N) is 1. The Kier molecular flexibility index (Phi) is 4.59. The van der Waals surface area contributed by atoms with Crippen molar-refractivity contribution in [3.63, 3.8) is 0 Å². The summed E-state index contributed by atoms with van der Waals surface area (Å²) in [6.45, 7) is 1.69. The van der Waals surface area contributed by atoms with E-state index in [-0.39, 0.29) is 10.6 Å². The third-order valence-electron chi connectivity index (χ3n) is 2.47. The Labute approximate surface area is 113 Å². The molecule has 1 unspecified atom stereocenters. The zero-order chi connectivity index (χ0) is 13.2. The topological polar surface area (TPSA) is 46.3 Å². The summed E-state index contributed by atoms with van der Waals surface area (Å²) >= 11 is 7.93. The quantitative estimate of drug-likeness (QED) is 0.870. The van der Waals surface area contributed by atoms with E-state index in [1.54, 1.807) is 13.0 Å². The molecule has 92 valence electrons. The average molecular weight is 319 g/mol. The molecule has 1 amide bonds. The lowest BCUT2D eigenvalue weighted by Gasteiger charge is -2.24. The lowest BCUT2D eigenvalue weighted by Crippen LogP contribution is -2.43. The van der Waals surface area contributed by atoms with Crippen LogP contribution in [-0.2, 0) is 0 Å². The molecule has 0 aliphatic carbocycles. The number of nitrogens with zero attached hydrogens (tertiary/aromatic N) is 1. The largest absolute Gasteiger partial charge is 0.392 e. The van der Waals surface area contributed by atoms with E-state index in [0.717, 1.165) is 0 Å². The highest BCUT2D eigenvalue weighted by molar-refractivity contribution is 9.10. The Bertz CT molecular complexity index is 467. The monoisotopic (exact) mass is 318 g/mol. The van der Waals surface area contributed by atoms with Crippen LogP contribution in [0.1, 0.15) is 17.3 Å². The number of benzene rings is 1. The van der Waals surface area contributed by atoms with Gasteiger partial charge in [-0.15, -0.1) is 0 Å². The second-order valence-corrected chi connectivity index (χ2v) is 5.01. The van der Waals surface area contributed by atoms with Gasteiger partial charge in [-0.3, -0.25) is 4.79 Å². The van der Waals surface area contributed by atoms with Gasteiger partial charge >= 0.3 is 0 Å². The fourth-order valence-corrected chi connectivity index (χ4v) is 1.71. The van der Waals surface area contributed by atoms with Crippen molar-refractivity contribution < 1.29 is 9.18 Å². The van der Waals surface area contributed by atoms with Crippen molar-refractivity contribution >= 4 is 39.0 Å². The molecule has 2 N–H and O–H groups in total. The smallest absolute Gasteiger partial charge is 0.257 e. The third kappa shape index (κ3) is 3.23. The Hall–Kier alpha value is -1.01. The summed E-state index contributed by atoms with van der Waals surface area (Å²) in [6.07, 6.45) is 0. The minimum atomic E-state index is -0.577. The molecule has 3 nitrogen and oxygen atoms in total. The van der Waals surface area contributed by atoms with Crippen molar-refractivity contribution in [2.45, 2.75) is 13.0 Å². The Morgan fingerprint density at radius 1 is 1.59 bits per heavy atom. The molecular weight excluding hydrogens is 307 g/mol. The van der Waals surface area contributed by atoms with E-state index in [2.05, 4.69) is 15.9 Å². The van der Waals surface area contributed by atoms with Crippen molar-refractivity contribution in [2.75, 3.05) is 7.05 Å². The van der Waals surface area contributed by atoms with Gasteiger partial charge in [0.1, 0.15) is 5.82 Å². The number of carbonyl (C=O) groups is 1. The first kappa shape index (κ1) is 14.1. The molecule has 0 fully saturated rings. The molecule has 0 radical (unpaired) electrons. The Balaban J connectivity index is 3.00. The molecule has 6 heteroatoms. The standard InChI is InChI=1S/C11H12BrFN2OS/c1-6(10(14)17)15(2)11(16)8-4-3-7(12)5-9(8)13/h3-6H,1-2H3,(H2,14,17). The average Bonchev–Trinajstić information content (AvgIpc) is 2.26. The number of thiocarbonyl (C=S) groups is 1. The number of amides is 1. The molecule has 0 saturated carbocycles. The van der Waals surface area contributed by atoms with Gasteiger partial charge in [0, 0.05) is 11.5 Å². The highest BCUT2D eigenvalue weighted by Crippen LogP contribution is 2.17. The Morgan fingerprint density at radius 2 is 2.18 bits per heavy atom. The van der Waals surface area contributed by atoms with Crippen LogP contribution in [0.5, 0.6) is 0 Å². The van der Waals surface area contributed by atoms with Gasteiger partial charge in [0.15, 0.2) is 0 Å². The fourth-order valence-electron chi connectivity index (χ4n) is 1.22. The first-order valence-corrected chi connectivity index (χ1v) is 6.06. The van der Waals surface area contributed by atoms with Crippen LogP contribution in [0.4, 0.5) is 4.39 Å². The van der Waals surface area contributed by atoms with Crippen molar-refractivity contribution in [2.24, 2.45) is 5.73 Å². The molecule has 17 heavy (non-hydrogen) atoms. The van der Waals surface area contributed by atoms with Gasteiger partial charge in [0.2, 0.25) is 0 Å². The summed E-state index contributed by atoms with van der Waals surface area (Å²) in [5.74, 6) is -1.03. The van der Waals surface area contributed by atoms with Crippen molar-refractivity contribution in [3.8, 4) is 0 Å². The molecule has 1 aromatic carbocycles. The van der Waals surface area contributed by atoms with Crippen LogP contribution in [0.25, 0.3) is 0 Å². The molecule has 1 rings (SSSR count). The summed E-state index contributed by atoms with van der Waals surface area (Å²) < 4.78 is 14.2. The second-order valence-electron chi connectivity index (χ2n) is 3.62. The highest BCUT2D eigenvalue weighted by Gasteiger charge is 2.21. The van der Waals surface area contributed by atoms with E-state index in [4.69, 9.17) is 18.0 Å². The number of halogens is 2. The van der Waals surface area contributed by atoms with Gasteiger partial charge in [-0.2, -0.15) is 0 Å². The van der Waals surface area contributed by atoms with Crippen LogP contribution >= 0.6 is 28.1 Å². The van der Waals surface area contributed by atoms with Gasteiger partial charge in [-0.1, -0.05) is 28.1 Å². The van der Waals surface area contributed by atoms with Crippen LogP contribution in [0, 0.1) is 5.82 Å². The van der Waals surface area contributed by atoms with Crippen LogP contribution < -0.4 is 5.73 Å². The van der Waals surface area contributed by atoms with E-state index in [1.807, 2.05) is 0 Å². The molecule has 0 heterocycles. The van der Waals surface area contributed by atoms with Crippen molar-refractivity contribution in [1.29, 1.82) is 0 Å². The van der Waals surface area contributed by atoms with Gasteiger partial charge < -0.3 is 10.6 Å². The van der Waals surface area contributed by atoms with Gasteiger partial charge in [0.25, 0.3) is 5.91 Å². The van der Waals surface area contributed by atoms with E-state index < -0.39 is 17.8 Å². The second kappa shape index (κ2) is 5.55. The third-order valence-corrected chi connectivity index (χ3v) is 3.31. The molecule has 0 aromatic heterocycles. The van der Waals surface area contributed by atoms with E-state index in [1.165, 1.54) is 24.1 Å². The lowest BCUT2D eigenvalue weighted by atomic mass is 10.1. The lowest BCUT2D eigenvalue weighted by molar-refractivity contribution is 0.0774. The Morgan fingerprint density at radius 3 is 2.65 bits per heavy atom. The summed E-state index contributed by atoms with van der Waals surface area (Å²) in [7, 11) is 1.54. The van der Waals surface area contributed by atoms with Gasteiger partial charge in [0.05, 0.1) is 16.6 Å². The maximum absolute atomic E-state index is 13.6. The molecule has 1 aromatic rings. The summed E-state index contributed by atoms with van der Waals surface area (Å²) in [5.41, 5.74) is 5.45. The fraction of sp³-hybridized carbons (Fsp3) is 0.273. The normalized spacial score (nSPS) is 12.0.